The molecule has 6 rings (SSSR count). The molecule has 0 radical (unpaired) electrons. The molecule has 198 valence electrons. The Morgan fingerprint density at radius 3 is 2.45 bits per heavy atom. The maximum Gasteiger partial charge on any atom is 0.416 e. The molecule has 0 aliphatic rings. The molecule has 40 heavy (non-hydrogen) atoms. The number of alkyl halides is 3. The van der Waals surface area contributed by atoms with Crippen LogP contribution in [0.15, 0.2) is 94.5 Å². The third kappa shape index (κ3) is 4.53. The average Bonchev–Trinajstić information content (AvgIpc) is 3.38. The van der Waals surface area contributed by atoms with Crippen molar-refractivity contribution in [2.45, 2.75) is 19.5 Å². The van der Waals surface area contributed by atoms with Crippen LogP contribution in [0.25, 0.3) is 50.3 Å². The highest BCUT2D eigenvalue weighted by Crippen LogP contribution is 2.36. The summed E-state index contributed by atoms with van der Waals surface area (Å²) in [5.41, 5.74) is 0.468. The van der Waals surface area contributed by atoms with E-state index < -0.39 is 17.3 Å². The minimum absolute atomic E-state index is 0.0158. The molecular formula is C30H19F3N4O3. The van der Waals surface area contributed by atoms with Crippen molar-refractivity contribution in [2.75, 3.05) is 0 Å². The van der Waals surface area contributed by atoms with E-state index in [9.17, 15) is 22.8 Å². The van der Waals surface area contributed by atoms with Gasteiger partial charge in [0.1, 0.15) is 11.3 Å². The van der Waals surface area contributed by atoms with Crippen molar-refractivity contribution >= 4 is 27.5 Å². The lowest BCUT2D eigenvalue weighted by molar-refractivity contribution is -0.137. The number of pyridine rings is 3. The van der Waals surface area contributed by atoms with Gasteiger partial charge in [0.25, 0.3) is 5.56 Å². The van der Waals surface area contributed by atoms with Gasteiger partial charge in [-0.15, -0.1) is 0 Å². The number of rotatable bonds is 5. The summed E-state index contributed by atoms with van der Waals surface area (Å²) in [5, 5.41) is 2.23. The van der Waals surface area contributed by atoms with E-state index in [0.29, 0.717) is 22.2 Å². The van der Waals surface area contributed by atoms with Crippen molar-refractivity contribution in [2.24, 2.45) is 0 Å². The molecule has 0 amide bonds. The van der Waals surface area contributed by atoms with E-state index in [1.807, 2.05) is 12.1 Å². The number of carbonyl (C=O) groups excluding carboxylic acids is 1. The van der Waals surface area contributed by atoms with Crippen molar-refractivity contribution < 1.29 is 22.4 Å². The molecule has 0 N–H and O–H groups in total. The quantitative estimate of drug-likeness (QED) is 0.251. The van der Waals surface area contributed by atoms with Crippen molar-refractivity contribution in [3.8, 4) is 28.6 Å². The lowest BCUT2D eigenvalue weighted by Gasteiger charge is -2.08. The van der Waals surface area contributed by atoms with Crippen molar-refractivity contribution in [3.63, 3.8) is 0 Å². The molecule has 0 aliphatic heterocycles. The molecule has 6 aromatic rings. The molecule has 2 aromatic carbocycles. The van der Waals surface area contributed by atoms with E-state index in [1.54, 1.807) is 36.5 Å². The normalized spacial score (nSPS) is 11.8. The van der Waals surface area contributed by atoms with Gasteiger partial charge in [-0.05, 0) is 54.8 Å². The second-order valence-corrected chi connectivity index (χ2v) is 9.25. The van der Waals surface area contributed by atoms with Crippen LogP contribution in [0.2, 0.25) is 0 Å². The SMILES string of the molecule is CC(=O)Cc1nccc2cc(-c3nc(-n4ccc5cccnc5c4=O)c(-c4ccc(C(F)(F)F)cc4)o3)ccc12. The van der Waals surface area contributed by atoms with E-state index in [-0.39, 0.29) is 35.2 Å². The Hall–Kier alpha value is -5.12. The Morgan fingerprint density at radius 1 is 0.925 bits per heavy atom. The number of fused-ring (bicyclic) bond motifs is 2. The van der Waals surface area contributed by atoms with Crippen molar-refractivity contribution in [3.05, 3.63) is 107 Å². The Balaban J connectivity index is 1.53. The van der Waals surface area contributed by atoms with Crippen LogP contribution in [0.1, 0.15) is 18.2 Å². The molecule has 0 unspecified atom stereocenters. The highest BCUT2D eigenvalue weighted by Gasteiger charge is 2.30. The highest BCUT2D eigenvalue weighted by atomic mass is 19.4. The van der Waals surface area contributed by atoms with Gasteiger partial charge < -0.3 is 4.42 Å². The molecular weight excluding hydrogens is 521 g/mol. The third-order valence-electron chi connectivity index (χ3n) is 6.49. The summed E-state index contributed by atoms with van der Waals surface area (Å²) < 4.78 is 47.0. The first kappa shape index (κ1) is 25.2. The van der Waals surface area contributed by atoms with Crippen LogP contribution in [0.3, 0.4) is 0 Å². The Kier molecular flexibility index (Phi) is 6.02. The first-order chi connectivity index (χ1) is 19.2. The molecule has 0 saturated carbocycles. The molecule has 0 bridgehead atoms. The summed E-state index contributed by atoms with van der Waals surface area (Å²) in [5.74, 6) is 0.371. The van der Waals surface area contributed by atoms with Crippen molar-refractivity contribution in [1.82, 2.24) is 19.5 Å². The number of aromatic nitrogens is 4. The smallest absolute Gasteiger partial charge is 0.416 e. The highest BCUT2D eigenvalue weighted by molar-refractivity contribution is 5.91. The minimum Gasteiger partial charge on any atom is -0.434 e. The number of ketones is 1. The van der Waals surface area contributed by atoms with Gasteiger partial charge in [0, 0.05) is 46.9 Å². The lowest BCUT2D eigenvalue weighted by atomic mass is 10.0. The van der Waals surface area contributed by atoms with E-state index >= 15 is 0 Å². The molecule has 7 nitrogen and oxygen atoms in total. The predicted molar refractivity (Wildman–Crippen MR) is 143 cm³/mol. The van der Waals surface area contributed by atoms with Gasteiger partial charge in [0.15, 0.2) is 11.6 Å². The number of Topliss-reactive ketones (excluding diaryl/α,β-unsaturated/α-hetero) is 1. The Bertz CT molecular complexity index is 1980. The van der Waals surface area contributed by atoms with Gasteiger partial charge in [0.2, 0.25) is 5.89 Å². The van der Waals surface area contributed by atoms with Crippen LogP contribution < -0.4 is 5.56 Å². The van der Waals surface area contributed by atoms with Crippen molar-refractivity contribution in [1.29, 1.82) is 0 Å². The van der Waals surface area contributed by atoms with E-state index in [4.69, 9.17) is 4.42 Å². The van der Waals surface area contributed by atoms with Crippen LogP contribution in [0, 0.1) is 0 Å². The van der Waals surface area contributed by atoms with Crippen LogP contribution in [0.5, 0.6) is 0 Å². The Morgan fingerprint density at radius 2 is 1.70 bits per heavy atom. The van der Waals surface area contributed by atoms with Gasteiger partial charge in [0.05, 0.1) is 11.3 Å². The number of hydrogen-bond donors (Lipinski definition) is 0. The predicted octanol–water partition coefficient (Wildman–Crippen LogP) is 6.41. The molecule has 0 aliphatic carbocycles. The maximum atomic E-state index is 13.4. The largest absolute Gasteiger partial charge is 0.434 e. The third-order valence-corrected chi connectivity index (χ3v) is 6.49. The number of nitrogens with zero attached hydrogens (tertiary/aromatic N) is 4. The number of hydrogen-bond acceptors (Lipinski definition) is 6. The van der Waals surface area contributed by atoms with Gasteiger partial charge in [-0.2, -0.15) is 18.2 Å². The van der Waals surface area contributed by atoms with Gasteiger partial charge in [-0.3, -0.25) is 24.1 Å². The van der Waals surface area contributed by atoms with Crippen LogP contribution in [-0.2, 0) is 17.4 Å². The monoisotopic (exact) mass is 540 g/mol. The van der Waals surface area contributed by atoms with E-state index in [2.05, 4.69) is 15.0 Å². The fraction of sp³-hybridized carbons (Fsp3) is 0.100. The molecule has 0 fully saturated rings. The van der Waals surface area contributed by atoms with Gasteiger partial charge in [-0.25, -0.2) is 0 Å². The lowest BCUT2D eigenvalue weighted by Crippen LogP contribution is -2.19. The molecule has 10 heteroatoms. The zero-order chi connectivity index (χ0) is 28.0. The van der Waals surface area contributed by atoms with E-state index in [1.165, 1.54) is 36.0 Å². The second kappa shape index (κ2) is 9.57. The van der Waals surface area contributed by atoms with Crippen LogP contribution in [0.4, 0.5) is 13.2 Å². The fourth-order valence-corrected chi connectivity index (χ4v) is 4.58. The summed E-state index contributed by atoms with van der Waals surface area (Å²) in [6, 6.07) is 16.8. The zero-order valence-electron chi connectivity index (χ0n) is 20.9. The number of benzene rings is 2. The molecule has 0 atom stereocenters. The topological polar surface area (TPSA) is 90.9 Å². The standard InChI is InChI=1S/C30H19F3N4O3/c1-17(38)15-24-23-9-6-21(16-20(23)10-13-34-24)28-36-27(37-14-11-18-3-2-12-35-25(18)29(37)39)26(40-28)19-4-7-22(8-5-19)30(31,32)33/h2-14,16H,15H2,1H3. The molecule has 0 saturated heterocycles. The number of halogens is 3. The summed E-state index contributed by atoms with van der Waals surface area (Å²) >= 11 is 0. The summed E-state index contributed by atoms with van der Waals surface area (Å²) in [4.78, 5) is 38.2. The number of oxazole rings is 1. The second-order valence-electron chi connectivity index (χ2n) is 9.25. The molecule has 4 heterocycles. The molecule has 0 spiro atoms. The van der Waals surface area contributed by atoms with Gasteiger partial charge >= 0.3 is 6.18 Å². The molecule has 4 aromatic heterocycles. The van der Waals surface area contributed by atoms with Gasteiger partial charge in [-0.1, -0.05) is 24.3 Å². The number of carbonyl (C=O) groups is 1. The van der Waals surface area contributed by atoms with E-state index in [0.717, 1.165) is 22.9 Å². The fourth-order valence-electron chi connectivity index (χ4n) is 4.58. The van der Waals surface area contributed by atoms with Crippen LogP contribution in [-0.4, -0.2) is 25.3 Å². The minimum atomic E-state index is -4.50. The summed E-state index contributed by atoms with van der Waals surface area (Å²) in [6.45, 7) is 1.50. The first-order valence-electron chi connectivity index (χ1n) is 12.2. The maximum absolute atomic E-state index is 13.4. The van der Waals surface area contributed by atoms with Crippen LogP contribution >= 0.6 is 0 Å². The Labute approximate surface area is 224 Å². The summed E-state index contributed by atoms with van der Waals surface area (Å²) in [6.07, 6.45) is 0.332. The zero-order valence-corrected chi connectivity index (χ0v) is 20.9. The average molecular weight is 541 g/mol. The first-order valence-corrected chi connectivity index (χ1v) is 12.2. The summed E-state index contributed by atoms with van der Waals surface area (Å²) in [7, 11) is 0.